The highest BCUT2D eigenvalue weighted by Crippen LogP contribution is 2.27. The number of nitrogens with one attached hydrogen (secondary N) is 2. The second-order valence-corrected chi connectivity index (χ2v) is 16.8. The van der Waals surface area contributed by atoms with Crippen LogP contribution >= 0.6 is 23.5 Å². The average Bonchev–Trinajstić information content (AvgIpc) is 3.09. The third-order valence-electron chi connectivity index (χ3n) is 7.53. The molecule has 0 heterocycles. The molecule has 2 N–H and O–H groups in total. The Bertz CT molecular complexity index is 1950. The van der Waals surface area contributed by atoms with Gasteiger partial charge >= 0.3 is 0 Å². The van der Waals surface area contributed by atoms with Gasteiger partial charge in [-0.2, -0.15) is 0 Å². The predicted octanol–water partition coefficient (Wildman–Crippen LogP) is 5.46. The van der Waals surface area contributed by atoms with Crippen LogP contribution in [-0.2, 0) is 29.6 Å². The lowest BCUT2D eigenvalue weighted by Crippen LogP contribution is -2.48. The number of aryl methyl sites for hydroxylation is 2. The van der Waals surface area contributed by atoms with Crippen LogP contribution in [-0.4, -0.2) is 66.8 Å². The molecule has 0 saturated carbocycles. The van der Waals surface area contributed by atoms with E-state index >= 15 is 0 Å². The minimum absolute atomic E-state index is 0.0256. The summed E-state index contributed by atoms with van der Waals surface area (Å²) in [5.74, 6) is -1.16. The number of carbonyl (C=O) groups is 2. The molecule has 1 atom stereocenters. The molecule has 0 aliphatic carbocycles. The fourth-order valence-electron chi connectivity index (χ4n) is 4.76. The van der Waals surface area contributed by atoms with Crippen LogP contribution in [0.25, 0.3) is 0 Å². The van der Waals surface area contributed by atoms with Crippen molar-refractivity contribution in [1.29, 1.82) is 0 Å². The molecule has 4 aromatic carbocycles. The Hall–Kier alpha value is -3.98. The third kappa shape index (κ3) is 9.81. The van der Waals surface area contributed by atoms with Crippen LogP contribution in [0.1, 0.15) is 18.1 Å². The number of sulfonamides is 2. The SMILES string of the molecule is CSc1ccc(S(=O)(=O)N(CC(=O)NC[C@H](C)NC(=O)CN(c2ccc(C)cc2)S(=O)(=O)c2ccc(SC)cc2)c2ccc(C)cc2)cc1. The number of hydrogen-bond donors (Lipinski definition) is 2. The molecule has 4 rings (SSSR count). The van der Waals surface area contributed by atoms with Crippen molar-refractivity contribution in [1.82, 2.24) is 10.6 Å². The number of anilines is 2. The molecule has 14 heteroatoms. The quantitative estimate of drug-likeness (QED) is 0.154. The molecule has 10 nitrogen and oxygen atoms in total. The van der Waals surface area contributed by atoms with Gasteiger partial charge in [0, 0.05) is 22.4 Å². The largest absolute Gasteiger partial charge is 0.352 e. The standard InChI is InChI=1S/C35H40N4O6S4/c1-25-6-10-28(11-7-25)38(48(42,43)32-18-14-30(46-4)15-19-32)23-34(40)36-22-27(3)37-35(41)24-39(29-12-8-26(2)9-13-29)49(44,45)33-20-16-31(47-5)17-21-33/h6-21,27H,22-24H2,1-5H3,(H,36,40)(H,37,41)/t27-/m0/s1. The summed E-state index contributed by atoms with van der Waals surface area (Å²) in [5, 5.41) is 5.45. The lowest BCUT2D eigenvalue weighted by atomic mass is 10.2. The molecule has 0 spiro atoms. The van der Waals surface area contributed by atoms with E-state index in [1.54, 1.807) is 79.7 Å². The van der Waals surface area contributed by atoms with E-state index in [0.717, 1.165) is 29.5 Å². The third-order valence-corrected chi connectivity index (χ3v) is 12.6. The molecule has 0 radical (unpaired) electrons. The van der Waals surface area contributed by atoms with Crippen LogP contribution in [0.3, 0.4) is 0 Å². The zero-order valence-electron chi connectivity index (χ0n) is 27.9. The number of benzene rings is 4. The maximum Gasteiger partial charge on any atom is 0.264 e. The molecule has 260 valence electrons. The molecule has 0 unspecified atom stereocenters. The first-order valence-corrected chi connectivity index (χ1v) is 20.6. The number of nitrogens with zero attached hydrogens (tertiary/aromatic N) is 2. The van der Waals surface area contributed by atoms with Gasteiger partial charge in [-0.3, -0.25) is 18.2 Å². The van der Waals surface area contributed by atoms with Crippen molar-refractivity contribution in [2.45, 2.75) is 46.4 Å². The van der Waals surface area contributed by atoms with Gasteiger partial charge in [0.2, 0.25) is 11.8 Å². The van der Waals surface area contributed by atoms with E-state index in [1.807, 2.05) is 26.4 Å². The maximum atomic E-state index is 13.7. The van der Waals surface area contributed by atoms with Crippen molar-refractivity contribution < 1.29 is 26.4 Å². The average molecular weight is 741 g/mol. The van der Waals surface area contributed by atoms with Crippen molar-refractivity contribution in [2.75, 3.05) is 40.8 Å². The summed E-state index contributed by atoms with van der Waals surface area (Å²) in [5.41, 5.74) is 2.52. The summed E-state index contributed by atoms with van der Waals surface area (Å²) in [6, 6.07) is 25.9. The van der Waals surface area contributed by atoms with Crippen molar-refractivity contribution in [3.05, 3.63) is 108 Å². The predicted molar refractivity (Wildman–Crippen MR) is 198 cm³/mol. The number of carbonyl (C=O) groups excluding carboxylic acids is 2. The lowest BCUT2D eigenvalue weighted by molar-refractivity contribution is -0.122. The van der Waals surface area contributed by atoms with Gasteiger partial charge in [0.1, 0.15) is 13.1 Å². The molecule has 2 amide bonds. The number of thioether (sulfide) groups is 2. The molecule has 0 bridgehead atoms. The summed E-state index contributed by atoms with van der Waals surface area (Å²) < 4.78 is 57.0. The number of amides is 2. The summed E-state index contributed by atoms with van der Waals surface area (Å²) in [6.07, 6.45) is 3.79. The Kier molecular flexibility index (Phi) is 12.8. The molecule has 0 aromatic heterocycles. The summed E-state index contributed by atoms with van der Waals surface area (Å²) in [4.78, 5) is 28.3. The molecule has 49 heavy (non-hydrogen) atoms. The van der Waals surface area contributed by atoms with Crippen LogP contribution in [0, 0.1) is 13.8 Å². The first kappa shape index (κ1) is 37.8. The monoisotopic (exact) mass is 740 g/mol. The van der Waals surface area contributed by atoms with Crippen molar-refractivity contribution in [3.63, 3.8) is 0 Å². The Morgan fingerprint density at radius 2 is 0.980 bits per heavy atom. The Balaban J connectivity index is 1.45. The van der Waals surface area contributed by atoms with Gasteiger partial charge in [0.05, 0.1) is 21.2 Å². The molecule has 0 saturated heterocycles. The van der Waals surface area contributed by atoms with E-state index in [4.69, 9.17) is 0 Å². The Morgan fingerprint density at radius 3 is 1.35 bits per heavy atom. The number of rotatable bonds is 15. The van der Waals surface area contributed by atoms with Crippen LogP contribution in [0.15, 0.2) is 117 Å². The van der Waals surface area contributed by atoms with E-state index in [1.165, 1.54) is 47.8 Å². The zero-order chi connectivity index (χ0) is 35.8. The fraction of sp³-hybridized carbons (Fsp3) is 0.257. The summed E-state index contributed by atoms with van der Waals surface area (Å²) in [6.45, 7) is 4.40. The van der Waals surface area contributed by atoms with Crippen molar-refractivity contribution in [3.8, 4) is 0 Å². The van der Waals surface area contributed by atoms with Gasteiger partial charge in [0.15, 0.2) is 0 Å². The Morgan fingerprint density at radius 1 is 0.612 bits per heavy atom. The normalized spacial score (nSPS) is 12.2. The zero-order valence-corrected chi connectivity index (χ0v) is 31.2. The van der Waals surface area contributed by atoms with Crippen LogP contribution in [0.4, 0.5) is 11.4 Å². The molecular formula is C35H40N4O6S4. The fourth-order valence-corrected chi connectivity index (χ4v) is 8.42. The van der Waals surface area contributed by atoms with Gasteiger partial charge in [-0.15, -0.1) is 23.5 Å². The van der Waals surface area contributed by atoms with Crippen LogP contribution in [0.2, 0.25) is 0 Å². The molecule has 0 aliphatic heterocycles. The van der Waals surface area contributed by atoms with Crippen molar-refractivity contribution >= 4 is 66.8 Å². The van der Waals surface area contributed by atoms with E-state index in [0.29, 0.717) is 11.4 Å². The van der Waals surface area contributed by atoms with E-state index in [9.17, 15) is 26.4 Å². The highest BCUT2D eigenvalue weighted by Gasteiger charge is 2.29. The van der Waals surface area contributed by atoms with Crippen LogP contribution in [0.5, 0.6) is 0 Å². The van der Waals surface area contributed by atoms with Gasteiger partial charge < -0.3 is 10.6 Å². The molecular weight excluding hydrogens is 701 g/mol. The molecule has 4 aromatic rings. The second-order valence-electron chi connectivity index (χ2n) is 11.3. The second kappa shape index (κ2) is 16.6. The van der Waals surface area contributed by atoms with Gasteiger partial charge in [0.25, 0.3) is 20.0 Å². The molecule has 0 aliphatic rings. The topological polar surface area (TPSA) is 133 Å². The molecule has 0 fully saturated rings. The van der Waals surface area contributed by atoms with Crippen LogP contribution < -0.4 is 19.2 Å². The van der Waals surface area contributed by atoms with Gasteiger partial charge in [-0.25, -0.2) is 16.8 Å². The highest BCUT2D eigenvalue weighted by atomic mass is 32.2. The smallest absolute Gasteiger partial charge is 0.264 e. The number of hydrogen-bond acceptors (Lipinski definition) is 8. The van der Waals surface area contributed by atoms with Gasteiger partial charge in [-0.05, 0) is 106 Å². The maximum absolute atomic E-state index is 13.7. The minimum Gasteiger partial charge on any atom is -0.352 e. The van der Waals surface area contributed by atoms with E-state index in [2.05, 4.69) is 10.6 Å². The first-order chi connectivity index (χ1) is 23.2. The highest BCUT2D eigenvalue weighted by molar-refractivity contribution is 7.98. The van der Waals surface area contributed by atoms with E-state index in [-0.39, 0.29) is 16.3 Å². The first-order valence-electron chi connectivity index (χ1n) is 15.3. The summed E-state index contributed by atoms with van der Waals surface area (Å²) in [7, 11) is -8.20. The minimum atomic E-state index is -4.10. The van der Waals surface area contributed by atoms with Crippen molar-refractivity contribution in [2.24, 2.45) is 0 Å². The Labute approximate surface area is 297 Å². The summed E-state index contributed by atoms with van der Waals surface area (Å²) >= 11 is 2.97. The lowest BCUT2D eigenvalue weighted by Gasteiger charge is -2.26. The van der Waals surface area contributed by atoms with E-state index < -0.39 is 51.0 Å². The van der Waals surface area contributed by atoms with Gasteiger partial charge in [-0.1, -0.05) is 35.4 Å².